The average Bonchev–Trinajstić information content (AvgIpc) is 2.39. The van der Waals surface area contributed by atoms with E-state index in [1.807, 2.05) is 31.3 Å². The molecule has 0 aliphatic heterocycles. The molecule has 0 amide bonds. The molecule has 18 heavy (non-hydrogen) atoms. The summed E-state index contributed by atoms with van der Waals surface area (Å²) in [5.41, 5.74) is 2.02. The van der Waals surface area contributed by atoms with Gasteiger partial charge in [0, 0.05) is 5.56 Å². The second-order valence-corrected chi connectivity index (χ2v) is 4.47. The number of hydrogen-bond donors (Lipinski definition) is 1. The highest BCUT2D eigenvalue weighted by Crippen LogP contribution is 2.01. The number of aldehydes is 1. The topological polar surface area (TPSA) is 32.3 Å². The summed E-state index contributed by atoms with van der Waals surface area (Å²) in [5.74, 6) is 0. The van der Waals surface area contributed by atoms with Gasteiger partial charge in [-0.05, 0) is 52.6 Å². The van der Waals surface area contributed by atoms with Crippen molar-refractivity contribution in [3.05, 3.63) is 35.4 Å². The summed E-state index contributed by atoms with van der Waals surface area (Å²) >= 11 is 0. The van der Waals surface area contributed by atoms with Crippen LogP contribution in [0.2, 0.25) is 0 Å². The molecule has 0 bridgehead atoms. The third-order valence-corrected chi connectivity index (χ3v) is 2.56. The van der Waals surface area contributed by atoms with Crippen LogP contribution in [0.4, 0.5) is 0 Å². The smallest absolute Gasteiger partial charge is 0.150 e. The van der Waals surface area contributed by atoms with Gasteiger partial charge in [0.1, 0.15) is 6.29 Å². The highest BCUT2D eigenvalue weighted by Gasteiger charge is 1.88. The second-order valence-electron chi connectivity index (χ2n) is 4.47. The number of nitrogens with zero attached hydrogens (tertiary/aromatic N) is 1. The van der Waals surface area contributed by atoms with Gasteiger partial charge in [0.15, 0.2) is 0 Å². The molecule has 0 saturated carbocycles. The van der Waals surface area contributed by atoms with E-state index in [9.17, 15) is 4.79 Å². The van der Waals surface area contributed by atoms with Gasteiger partial charge in [-0.25, -0.2) is 0 Å². The maximum atomic E-state index is 10.2. The Morgan fingerprint density at radius 1 is 1.22 bits per heavy atom. The number of benzene rings is 1. The van der Waals surface area contributed by atoms with Gasteiger partial charge in [-0.15, -0.1) is 0 Å². The van der Waals surface area contributed by atoms with Crippen LogP contribution in [0.1, 0.15) is 29.3 Å². The van der Waals surface area contributed by atoms with E-state index in [4.69, 9.17) is 0 Å². The van der Waals surface area contributed by atoms with Gasteiger partial charge in [-0.2, -0.15) is 0 Å². The zero-order chi connectivity index (χ0) is 13.8. The molecule has 0 saturated heterocycles. The Morgan fingerprint density at radius 2 is 1.83 bits per heavy atom. The molecule has 0 heterocycles. The maximum Gasteiger partial charge on any atom is 0.150 e. The van der Waals surface area contributed by atoms with Crippen molar-refractivity contribution in [1.29, 1.82) is 0 Å². The number of carbonyl (C=O) groups excluding carboxylic acids is 1. The van der Waals surface area contributed by atoms with Gasteiger partial charge >= 0.3 is 0 Å². The molecular weight excluding hydrogens is 224 g/mol. The molecule has 102 valence electrons. The molecule has 1 N–H and O–H groups in total. The number of aryl methyl sites for hydroxylation is 1. The zero-order valence-corrected chi connectivity index (χ0v) is 12.1. The van der Waals surface area contributed by atoms with Crippen molar-refractivity contribution in [2.75, 3.05) is 34.2 Å². The van der Waals surface area contributed by atoms with E-state index in [0.717, 1.165) is 24.8 Å². The standard InChI is InChI=1S/C9H10O.C6H16N2/c1-2-8-3-5-9(7-10)6-4-8;1-7-5-4-6-8(2)3/h3-7H,2H2,1H3;7H,4-6H2,1-3H3. The maximum absolute atomic E-state index is 10.2. The van der Waals surface area contributed by atoms with Crippen LogP contribution >= 0.6 is 0 Å². The van der Waals surface area contributed by atoms with Gasteiger partial charge in [-0.1, -0.05) is 31.2 Å². The lowest BCUT2D eigenvalue weighted by molar-refractivity contribution is 0.112. The summed E-state index contributed by atoms with van der Waals surface area (Å²) in [6, 6.07) is 7.63. The van der Waals surface area contributed by atoms with Crippen LogP contribution in [0, 0.1) is 0 Å². The summed E-state index contributed by atoms with van der Waals surface area (Å²) in [6.45, 7) is 4.40. The summed E-state index contributed by atoms with van der Waals surface area (Å²) in [6.07, 6.45) is 3.13. The zero-order valence-electron chi connectivity index (χ0n) is 12.1. The Hall–Kier alpha value is -1.19. The molecule has 0 aliphatic carbocycles. The molecule has 3 heteroatoms. The van der Waals surface area contributed by atoms with Crippen LogP contribution in [-0.4, -0.2) is 45.4 Å². The van der Waals surface area contributed by atoms with Crippen molar-refractivity contribution >= 4 is 6.29 Å². The fourth-order valence-corrected chi connectivity index (χ4v) is 1.40. The number of rotatable bonds is 6. The monoisotopic (exact) mass is 250 g/mol. The van der Waals surface area contributed by atoms with E-state index >= 15 is 0 Å². The van der Waals surface area contributed by atoms with Crippen molar-refractivity contribution in [3.63, 3.8) is 0 Å². The third kappa shape index (κ3) is 8.90. The molecule has 0 spiro atoms. The first kappa shape index (κ1) is 16.8. The third-order valence-electron chi connectivity index (χ3n) is 2.56. The molecule has 1 rings (SSSR count). The number of hydrogen-bond acceptors (Lipinski definition) is 3. The number of nitrogens with one attached hydrogen (secondary N) is 1. The van der Waals surface area contributed by atoms with Crippen molar-refractivity contribution in [2.24, 2.45) is 0 Å². The lowest BCUT2D eigenvalue weighted by Crippen LogP contribution is -2.18. The molecule has 1 aromatic rings. The lowest BCUT2D eigenvalue weighted by atomic mass is 10.1. The van der Waals surface area contributed by atoms with Gasteiger partial charge in [0.2, 0.25) is 0 Å². The first-order valence-electron chi connectivity index (χ1n) is 6.47. The summed E-state index contributed by atoms with van der Waals surface area (Å²) in [4.78, 5) is 12.4. The Bertz CT molecular complexity index is 307. The van der Waals surface area contributed by atoms with Crippen LogP contribution in [-0.2, 0) is 6.42 Å². The predicted octanol–water partition coefficient (Wildman–Crippen LogP) is 2.22. The van der Waals surface area contributed by atoms with Crippen molar-refractivity contribution in [2.45, 2.75) is 19.8 Å². The van der Waals surface area contributed by atoms with E-state index in [1.165, 1.54) is 18.5 Å². The van der Waals surface area contributed by atoms with Crippen molar-refractivity contribution < 1.29 is 4.79 Å². The first-order valence-corrected chi connectivity index (χ1v) is 6.47. The minimum Gasteiger partial charge on any atom is -0.320 e. The minimum atomic E-state index is 0.747. The fraction of sp³-hybridized carbons (Fsp3) is 0.533. The van der Waals surface area contributed by atoms with Crippen LogP contribution in [0.25, 0.3) is 0 Å². The van der Waals surface area contributed by atoms with Crippen molar-refractivity contribution in [3.8, 4) is 0 Å². The van der Waals surface area contributed by atoms with Gasteiger partial charge in [0.05, 0.1) is 0 Å². The Labute approximate surface area is 111 Å². The number of carbonyl (C=O) groups is 1. The van der Waals surface area contributed by atoms with Crippen LogP contribution < -0.4 is 5.32 Å². The lowest BCUT2D eigenvalue weighted by Gasteiger charge is -2.07. The van der Waals surface area contributed by atoms with Gasteiger partial charge < -0.3 is 10.2 Å². The van der Waals surface area contributed by atoms with Gasteiger partial charge in [0.25, 0.3) is 0 Å². The quantitative estimate of drug-likeness (QED) is 0.620. The second kappa shape index (κ2) is 10.9. The molecular formula is C15H26N2O. The largest absolute Gasteiger partial charge is 0.320 e. The summed E-state index contributed by atoms with van der Waals surface area (Å²) in [7, 11) is 6.17. The average molecular weight is 250 g/mol. The highest BCUT2D eigenvalue weighted by molar-refractivity contribution is 5.74. The molecule has 1 aromatic carbocycles. The van der Waals surface area contributed by atoms with Crippen molar-refractivity contribution in [1.82, 2.24) is 10.2 Å². The van der Waals surface area contributed by atoms with Crippen LogP contribution in [0.15, 0.2) is 24.3 Å². The minimum absolute atomic E-state index is 0.747. The van der Waals surface area contributed by atoms with E-state index in [1.54, 1.807) is 0 Å². The molecule has 0 atom stereocenters. The predicted molar refractivity (Wildman–Crippen MR) is 78.3 cm³/mol. The Kier molecular flexibility index (Phi) is 10.2. The highest BCUT2D eigenvalue weighted by atomic mass is 16.1. The SMILES string of the molecule is CCc1ccc(C=O)cc1.CNCCCN(C)C. The molecule has 0 radical (unpaired) electrons. The van der Waals surface area contributed by atoms with E-state index in [0.29, 0.717) is 0 Å². The fourth-order valence-electron chi connectivity index (χ4n) is 1.40. The Morgan fingerprint density at radius 3 is 2.22 bits per heavy atom. The molecule has 0 aliphatic rings. The van der Waals surface area contributed by atoms with E-state index in [2.05, 4.69) is 31.2 Å². The molecule has 0 unspecified atom stereocenters. The van der Waals surface area contributed by atoms with E-state index < -0.39 is 0 Å². The normalized spacial score (nSPS) is 9.83. The molecule has 0 aromatic heterocycles. The Balaban J connectivity index is 0.000000331. The van der Waals surface area contributed by atoms with Crippen LogP contribution in [0.5, 0.6) is 0 Å². The summed E-state index contributed by atoms with van der Waals surface area (Å²) in [5, 5.41) is 3.10. The first-order chi connectivity index (χ1) is 8.63. The van der Waals surface area contributed by atoms with Gasteiger partial charge in [-0.3, -0.25) is 4.79 Å². The van der Waals surface area contributed by atoms with Crippen LogP contribution in [0.3, 0.4) is 0 Å². The summed E-state index contributed by atoms with van der Waals surface area (Å²) < 4.78 is 0. The molecule has 0 fully saturated rings. The van der Waals surface area contributed by atoms with E-state index in [-0.39, 0.29) is 0 Å². The molecule has 3 nitrogen and oxygen atoms in total.